The van der Waals surface area contributed by atoms with Gasteiger partial charge in [0, 0.05) is 6.54 Å². The number of aromatic nitrogens is 1. The third-order valence-electron chi connectivity index (χ3n) is 3.50. The molecule has 3 N–H and O–H groups in total. The van der Waals surface area contributed by atoms with Crippen molar-refractivity contribution in [3.8, 4) is 5.88 Å². The highest BCUT2D eigenvalue weighted by molar-refractivity contribution is 5.53. The number of nitrogens with one attached hydrogen (secondary N) is 1. The molecule has 1 aliphatic carbocycles. The lowest BCUT2D eigenvalue weighted by Crippen LogP contribution is -2.09. The number of hydrogen-bond acceptors (Lipinski definition) is 4. The summed E-state index contributed by atoms with van der Waals surface area (Å²) in [5.74, 6) is 2.28. The van der Waals surface area contributed by atoms with E-state index in [1.54, 1.807) is 0 Å². The molecule has 1 aromatic heterocycles. The van der Waals surface area contributed by atoms with Crippen molar-refractivity contribution in [2.24, 2.45) is 5.92 Å². The van der Waals surface area contributed by atoms with E-state index in [-0.39, 0.29) is 0 Å². The normalized spacial score (nSPS) is 15.8. The predicted molar refractivity (Wildman–Crippen MR) is 74.9 cm³/mol. The molecule has 0 bridgehead atoms. The Morgan fingerprint density at radius 1 is 1.39 bits per heavy atom. The van der Waals surface area contributed by atoms with E-state index in [1.165, 1.54) is 32.1 Å². The summed E-state index contributed by atoms with van der Waals surface area (Å²) in [5, 5.41) is 3.35. The van der Waals surface area contributed by atoms with Crippen LogP contribution in [-0.4, -0.2) is 18.1 Å². The Kier molecular flexibility index (Phi) is 4.67. The first kappa shape index (κ1) is 13.0. The second-order valence-corrected chi connectivity index (χ2v) is 4.89. The molecule has 1 fully saturated rings. The van der Waals surface area contributed by atoms with E-state index in [2.05, 4.69) is 10.3 Å². The molecule has 4 heteroatoms. The average Bonchev–Trinajstić information content (AvgIpc) is 2.87. The molecule has 18 heavy (non-hydrogen) atoms. The van der Waals surface area contributed by atoms with Crippen LogP contribution in [0.1, 0.15) is 39.0 Å². The Bertz CT molecular complexity index is 375. The number of nitrogens with two attached hydrogens (primary N) is 1. The van der Waals surface area contributed by atoms with Gasteiger partial charge < -0.3 is 15.8 Å². The van der Waals surface area contributed by atoms with Gasteiger partial charge in [-0.3, -0.25) is 0 Å². The first-order valence-corrected chi connectivity index (χ1v) is 6.92. The molecular weight excluding hydrogens is 226 g/mol. The summed E-state index contributed by atoms with van der Waals surface area (Å²) in [4.78, 5) is 4.37. The summed E-state index contributed by atoms with van der Waals surface area (Å²) < 4.78 is 5.38. The van der Waals surface area contributed by atoms with Gasteiger partial charge in [0.25, 0.3) is 0 Å². The molecule has 100 valence electrons. The second kappa shape index (κ2) is 6.47. The van der Waals surface area contributed by atoms with Crippen LogP contribution in [0.25, 0.3) is 0 Å². The molecule has 1 heterocycles. The van der Waals surface area contributed by atoms with Crippen LogP contribution in [0.5, 0.6) is 5.88 Å². The highest BCUT2D eigenvalue weighted by Crippen LogP contribution is 2.27. The summed E-state index contributed by atoms with van der Waals surface area (Å²) in [7, 11) is 0. The molecule has 1 aliphatic rings. The summed E-state index contributed by atoms with van der Waals surface area (Å²) >= 11 is 0. The quantitative estimate of drug-likeness (QED) is 0.813. The van der Waals surface area contributed by atoms with E-state index >= 15 is 0 Å². The lowest BCUT2D eigenvalue weighted by atomic mass is 10.0. The topological polar surface area (TPSA) is 60.2 Å². The van der Waals surface area contributed by atoms with Crippen LogP contribution in [0.3, 0.4) is 0 Å². The van der Waals surface area contributed by atoms with Crippen LogP contribution < -0.4 is 15.8 Å². The van der Waals surface area contributed by atoms with Crippen molar-refractivity contribution in [3.05, 3.63) is 12.1 Å². The van der Waals surface area contributed by atoms with Crippen LogP contribution in [-0.2, 0) is 0 Å². The molecule has 4 nitrogen and oxygen atoms in total. The fourth-order valence-corrected chi connectivity index (χ4v) is 2.51. The molecule has 2 rings (SSSR count). The largest absolute Gasteiger partial charge is 0.476 e. The van der Waals surface area contributed by atoms with Gasteiger partial charge in [-0.05, 0) is 31.4 Å². The minimum absolute atomic E-state index is 0.531. The van der Waals surface area contributed by atoms with Crippen LogP contribution in [0.2, 0.25) is 0 Å². The van der Waals surface area contributed by atoms with Crippen molar-refractivity contribution in [1.82, 2.24) is 4.98 Å². The lowest BCUT2D eigenvalue weighted by Gasteiger charge is -2.12. The van der Waals surface area contributed by atoms with Gasteiger partial charge in [-0.15, -0.1) is 0 Å². The standard InChI is InChI=1S/C14H23N3O/c1-2-18-14-12(15)7-8-13(17-14)16-10-9-11-5-3-4-6-11/h7-8,11H,2-6,9-10,15H2,1H3,(H,16,17). The SMILES string of the molecule is CCOc1nc(NCCC2CCCC2)ccc1N. The Labute approximate surface area is 109 Å². The predicted octanol–water partition coefficient (Wildman–Crippen LogP) is 3.05. The van der Waals surface area contributed by atoms with E-state index in [0.29, 0.717) is 18.2 Å². The molecule has 0 saturated heterocycles. The molecule has 0 aliphatic heterocycles. The van der Waals surface area contributed by atoms with E-state index < -0.39 is 0 Å². The maximum Gasteiger partial charge on any atom is 0.239 e. The second-order valence-electron chi connectivity index (χ2n) is 4.89. The fourth-order valence-electron chi connectivity index (χ4n) is 2.51. The van der Waals surface area contributed by atoms with Crippen molar-refractivity contribution in [3.63, 3.8) is 0 Å². The summed E-state index contributed by atoms with van der Waals surface area (Å²) in [6.07, 6.45) is 6.82. The highest BCUT2D eigenvalue weighted by Gasteiger charge is 2.14. The van der Waals surface area contributed by atoms with Crippen LogP contribution >= 0.6 is 0 Å². The fraction of sp³-hybridized carbons (Fsp3) is 0.643. The highest BCUT2D eigenvalue weighted by atomic mass is 16.5. The molecule has 0 atom stereocenters. The van der Waals surface area contributed by atoms with Gasteiger partial charge in [-0.2, -0.15) is 4.98 Å². The molecule has 0 aromatic carbocycles. The molecule has 0 unspecified atom stereocenters. The molecular formula is C14H23N3O. The number of nitrogens with zero attached hydrogens (tertiary/aromatic N) is 1. The third kappa shape index (κ3) is 3.52. The van der Waals surface area contributed by atoms with E-state index in [9.17, 15) is 0 Å². The van der Waals surface area contributed by atoms with Gasteiger partial charge in [-0.25, -0.2) is 0 Å². The first-order valence-electron chi connectivity index (χ1n) is 6.92. The van der Waals surface area contributed by atoms with Crippen molar-refractivity contribution < 1.29 is 4.74 Å². The van der Waals surface area contributed by atoms with Crippen molar-refractivity contribution in [2.45, 2.75) is 39.0 Å². The van der Waals surface area contributed by atoms with Crippen molar-refractivity contribution >= 4 is 11.5 Å². The Morgan fingerprint density at radius 3 is 2.89 bits per heavy atom. The lowest BCUT2D eigenvalue weighted by molar-refractivity contribution is 0.329. The maximum absolute atomic E-state index is 5.79. The number of nitrogen functional groups attached to an aromatic ring is 1. The summed E-state index contributed by atoms with van der Waals surface area (Å²) in [6, 6.07) is 3.75. The van der Waals surface area contributed by atoms with Crippen molar-refractivity contribution in [1.29, 1.82) is 0 Å². The summed E-state index contributed by atoms with van der Waals surface area (Å²) in [5.41, 5.74) is 6.38. The van der Waals surface area contributed by atoms with Gasteiger partial charge >= 0.3 is 0 Å². The zero-order valence-electron chi connectivity index (χ0n) is 11.1. The van der Waals surface area contributed by atoms with E-state index in [1.807, 2.05) is 19.1 Å². The zero-order chi connectivity index (χ0) is 12.8. The van der Waals surface area contributed by atoms with Crippen LogP contribution in [0.15, 0.2) is 12.1 Å². The molecule has 0 spiro atoms. The van der Waals surface area contributed by atoms with Crippen molar-refractivity contribution in [2.75, 3.05) is 24.2 Å². The number of pyridine rings is 1. The Balaban J connectivity index is 1.82. The molecule has 0 radical (unpaired) electrons. The van der Waals surface area contributed by atoms with Gasteiger partial charge in [-0.1, -0.05) is 25.7 Å². The number of anilines is 2. The molecule has 0 amide bonds. The van der Waals surface area contributed by atoms with Gasteiger partial charge in [0.05, 0.1) is 12.3 Å². The smallest absolute Gasteiger partial charge is 0.239 e. The molecule has 1 saturated carbocycles. The van der Waals surface area contributed by atoms with Gasteiger partial charge in [0.2, 0.25) is 5.88 Å². The summed E-state index contributed by atoms with van der Waals surface area (Å²) in [6.45, 7) is 3.50. The molecule has 1 aromatic rings. The third-order valence-corrected chi connectivity index (χ3v) is 3.50. The maximum atomic E-state index is 5.79. The van der Waals surface area contributed by atoms with Crippen LogP contribution in [0.4, 0.5) is 11.5 Å². The number of rotatable bonds is 6. The first-order chi connectivity index (χ1) is 8.79. The van der Waals surface area contributed by atoms with E-state index in [4.69, 9.17) is 10.5 Å². The average molecular weight is 249 g/mol. The Hall–Kier alpha value is -1.45. The number of ether oxygens (including phenoxy) is 1. The number of hydrogen-bond donors (Lipinski definition) is 2. The van der Waals surface area contributed by atoms with Gasteiger partial charge in [0.15, 0.2) is 0 Å². The monoisotopic (exact) mass is 249 g/mol. The Morgan fingerprint density at radius 2 is 2.17 bits per heavy atom. The zero-order valence-corrected chi connectivity index (χ0v) is 11.1. The minimum atomic E-state index is 0.531. The van der Waals surface area contributed by atoms with Crippen LogP contribution in [0, 0.1) is 5.92 Å². The minimum Gasteiger partial charge on any atom is -0.476 e. The van der Waals surface area contributed by atoms with E-state index in [0.717, 1.165) is 18.3 Å². The van der Waals surface area contributed by atoms with Gasteiger partial charge in [0.1, 0.15) is 5.82 Å².